The molecule has 0 aliphatic carbocycles. The fraction of sp³-hybridized carbons (Fsp3) is 0.571. The molecule has 2 rings (SSSR count). The number of hydrogen-bond acceptors (Lipinski definition) is 3. The number of aliphatic hydroxyl groups is 1. The third-order valence-corrected chi connectivity index (χ3v) is 3.27. The summed E-state index contributed by atoms with van der Waals surface area (Å²) in [6.07, 6.45) is 1.97. The quantitative estimate of drug-likeness (QED) is 0.837. The number of hydrogen-bond donors (Lipinski definition) is 2. The minimum absolute atomic E-state index is 0.329. The topological polar surface area (TPSA) is 41.5 Å². The van der Waals surface area contributed by atoms with Crippen LogP contribution in [0.15, 0.2) is 30.3 Å². The highest BCUT2D eigenvalue weighted by Gasteiger charge is 2.19. The molecule has 3 nitrogen and oxygen atoms in total. The Kier molecular flexibility index (Phi) is 4.54. The molecule has 0 aromatic heterocycles. The maximum atomic E-state index is 10.0. The van der Waals surface area contributed by atoms with Crippen molar-refractivity contribution in [2.75, 3.05) is 13.2 Å². The molecule has 1 aromatic rings. The van der Waals surface area contributed by atoms with Gasteiger partial charge in [0.15, 0.2) is 0 Å². The Morgan fingerprint density at radius 3 is 2.88 bits per heavy atom. The molecule has 1 heterocycles. The van der Waals surface area contributed by atoms with E-state index >= 15 is 0 Å². The highest BCUT2D eigenvalue weighted by atomic mass is 16.5. The molecule has 0 amide bonds. The largest absolute Gasteiger partial charge is 0.387 e. The summed E-state index contributed by atoms with van der Waals surface area (Å²) in [4.78, 5) is 0. The summed E-state index contributed by atoms with van der Waals surface area (Å²) >= 11 is 0. The molecule has 1 fully saturated rings. The van der Waals surface area contributed by atoms with Crippen LogP contribution in [0.2, 0.25) is 0 Å². The highest BCUT2D eigenvalue weighted by Crippen LogP contribution is 2.15. The fourth-order valence-electron chi connectivity index (χ4n) is 2.25. The standard InChI is InChI=1S/C14H21NO2/c1-11-9-13(7-8-17-11)15-10-14(16)12-5-3-2-4-6-12/h2-6,11,13-16H,7-10H2,1H3. The normalized spacial score (nSPS) is 26.7. The van der Waals surface area contributed by atoms with E-state index in [0.717, 1.165) is 25.0 Å². The summed E-state index contributed by atoms with van der Waals surface area (Å²) in [6, 6.07) is 10.3. The molecular weight excluding hydrogens is 214 g/mol. The molecule has 1 saturated heterocycles. The summed E-state index contributed by atoms with van der Waals surface area (Å²) in [6.45, 7) is 3.53. The Balaban J connectivity index is 1.78. The minimum atomic E-state index is -0.422. The van der Waals surface area contributed by atoms with Crippen LogP contribution >= 0.6 is 0 Å². The number of nitrogens with one attached hydrogen (secondary N) is 1. The van der Waals surface area contributed by atoms with Crippen LogP contribution in [0, 0.1) is 0 Å². The Morgan fingerprint density at radius 2 is 2.18 bits per heavy atom. The van der Waals surface area contributed by atoms with Crippen molar-refractivity contribution in [2.24, 2.45) is 0 Å². The zero-order valence-corrected chi connectivity index (χ0v) is 10.3. The first-order chi connectivity index (χ1) is 8.25. The molecule has 0 saturated carbocycles. The molecule has 17 heavy (non-hydrogen) atoms. The van der Waals surface area contributed by atoms with Gasteiger partial charge in [0.25, 0.3) is 0 Å². The maximum absolute atomic E-state index is 10.0. The van der Waals surface area contributed by atoms with Crippen molar-refractivity contribution >= 4 is 0 Å². The first kappa shape index (κ1) is 12.6. The second kappa shape index (κ2) is 6.15. The van der Waals surface area contributed by atoms with E-state index in [9.17, 15) is 5.11 Å². The van der Waals surface area contributed by atoms with Gasteiger partial charge in [-0.25, -0.2) is 0 Å². The van der Waals surface area contributed by atoms with Crippen molar-refractivity contribution in [1.29, 1.82) is 0 Å². The summed E-state index contributed by atoms with van der Waals surface area (Å²) in [7, 11) is 0. The summed E-state index contributed by atoms with van der Waals surface area (Å²) in [5.41, 5.74) is 0.972. The lowest BCUT2D eigenvalue weighted by molar-refractivity contribution is 0.0109. The molecule has 0 radical (unpaired) electrons. The van der Waals surface area contributed by atoms with Crippen LogP contribution < -0.4 is 5.32 Å². The molecule has 3 unspecified atom stereocenters. The fourth-order valence-corrected chi connectivity index (χ4v) is 2.25. The average Bonchev–Trinajstić information content (AvgIpc) is 2.37. The van der Waals surface area contributed by atoms with E-state index in [1.54, 1.807) is 0 Å². The van der Waals surface area contributed by atoms with Gasteiger partial charge in [0.05, 0.1) is 12.2 Å². The van der Waals surface area contributed by atoms with E-state index in [1.165, 1.54) is 0 Å². The second-order valence-corrected chi connectivity index (χ2v) is 4.74. The van der Waals surface area contributed by atoms with Crippen LogP contribution in [0.25, 0.3) is 0 Å². The van der Waals surface area contributed by atoms with Crippen molar-refractivity contribution in [1.82, 2.24) is 5.32 Å². The van der Waals surface area contributed by atoms with Crippen molar-refractivity contribution in [2.45, 2.75) is 38.0 Å². The van der Waals surface area contributed by atoms with E-state index in [0.29, 0.717) is 18.7 Å². The Bertz CT molecular complexity index is 328. The van der Waals surface area contributed by atoms with E-state index in [4.69, 9.17) is 4.74 Å². The summed E-state index contributed by atoms with van der Waals surface area (Å²) < 4.78 is 5.50. The molecule has 1 aliphatic rings. The van der Waals surface area contributed by atoms with Gasteiger partial charge in [-0.05, 0) is 25.3 Å². The summed E-state index contributed by atoms with van der Waals surface area (Å²) in [5.74, 6) is 0. The molecule has 3 atom stereocenters. The molecule has 1 aromatic carbocycles. The van der Waals surface area contributed by atoms with Crippen molar-refractivity contribution in [3.63, 3.8) is 0 Å². The Labute approximate surface area is 103 Å². The molecule has 0 bridgehead atoms. The van der Waals surface area contributed by atoms with Crippen LogP contribution in [0.4, 0.5) is 0 Å². The lowest BCUT2D eigenvalue weighted by Crippen LogP contribution is -2.39. The molecular formula is C14H21NO2. The second-order valence-electron chi connectivity index (χ2n) is 4.74. The third kappa shape index (κ3) is 3.80. The van der Waals surface area contributed by atoms with Crippen LogP contribution in [0.1, 0.15) is 31.4 Å². The van der Waals surface area contributed by atoms with Gasteiger partial charge in [-0.3, -0.25) is 0 Å². The first-order valence-corrected chi connectivity index (χ1v) is 6.33. The monoisotopic (exact) mass is 235 g/mol. The van der Waals surface area contributed by atoms with Gasteiger partial charge in [0, 0.05) is 19.2 Å². The number of rotatable bonds is 4. The van der Waals surface area contributed by atoms with E-state index in [2.05, 4.69) is 12.2 Å². The van der Waals surface area contributed by atoms with Crippen LogP contribution in [-0.2, 0) is 4.74 Å². The SMILES string of the molecule is CC1CC(NCC(O)c2ccccc2)CCO1. The van der Waals surface area contributed by atoms with Gasteiger partial charge in [-0.2, -0.15) is 0 Å². The number of aliphatic hydroxyl groups excluding tert-OH is 1. The Morgan fingerprint density at radius 1 is 1.41 bits per heavy atom. The molecule has 0 spiro atoms. The van der Waals surface area contributed by atoms with Gasteiger partial charge >= 0.3 is 0 Å². The predicted octanol–water partition coefficient (Wildman–Crippen LogP) is 1.88. The van der Waals surface area contributed by atoms with Crippen LogP contribution in [0.5, 0.6) is 0 Å². The van der Waals surface area contributed by atoms with Gasteiger partial charge < -0.3 is 15.2 Å². The van der Waals surface area contributed by atoms with E-state index in [1.807, 2.05) is 30.3 Å². The lowest BCUT2D eigenvalue weighted by atomic mass is 10.0. The predicted molar refractivity (Wildman–Crippen MR) is 67.8 cm³/mol. The molecule has 3 heteroatoms. The van der Waals surface area contributed by atoms with Gasteiger partial charge in [-0.15, -0.1) is 0 Å². The van der Waals surface area contributed by atoms with Crippen molar-refractivity contribution < 1.29 is 9.84 Å². The number of ether oxygens (including phenoxy) is 1. The average molecular weight is 235 g/mol. The Hall–Kier alpha value is -0.900. The molecule has 1 aliphatic heterocycles. The lowest BCUT2D eigenvalue weighted by Gasteiger charge is -2.28. The third-order valence-electron chi connectivity index (χ3n) is 3.27. The smallest absolute Gasteiger partial charge is 0.0914 e. The maximum Gasteiger partial charge on any atom is 0.0914 e. The van der Waals surface area contributed by atoms with Crippen molar-refractivity contribution in [3.05, 3.63) is 35.9 Å². The zero-order chi connectivity index (χ0) is 12.1. The van der Waals surface area contributed by atoms with Gasteiger partial charge in [0.1, 0.15) is 0 Å². The summed E-state index contributed by atoms with van der Waals surface area (Å²) in [5, 5.41) is 13.4. The molecule has 2 N–H and O–H groups in total. The van der Waals surface area contributed by atoms with Crippen LogP contribution in [0.3, 0.4) is 0 Å². The van der Waals surface area contributed by atoms with Crippen molar-refractivity contribution in [3.8, 4) is 0 Å². The first-order valence-electron chi connectivity index (χ1n) is 6.33. The minimum Gasteiger partial charge on any atom is -0.387 e. The van der Waals surface area contributed by atoms with Crippen LogP contribution in [-0.4, -0.2) is 30.4 Å². The number of benzene rings is 1. The highest BCUT2D eigenvalue weighted by molar-refractivity contribution is 5.17. The molecule has 94 valence electrons. The van der Waals surface area contributed by atoms with E-state index < -0.39 is 6.10 Å². The van der Waals surface area contributed by atoms with Gasteiger partial charge in [0.2, 0.25) is 0 Å². The zero-order valence-electron chi connectivity index (χ0n) is 10.3. The van der Waals surface area contributed by atoms with Gasteiger partial charge in [-0.1, -0.05) is 30.3 Å². The van der Waals surface area contributed by atoms with E-state index in [-0.39, 0.29) is 0 Å².